The number of hydrogen-bond donors (Lipinski definition) is 1. The number of carbonyl (C=O) groups is 1. The molecule has 2 aromatic carbocycles. The quantitative estimate of drug-likeness (QED) is 0.276. The van der Waals surface area contributed by atoms with E-state index in [2.05, 4.69) is 63.2 Å². The second kappa shape index (κ2) is 11.5. The van der Waals surface area contributed by atoms with Crippen LogP contribution in [0.25, 0.3) is 11.3 Å². The van der Waals surface area contributed by atoms with Crippen molar-refractivity contribution in [2.45, 2.75) is 37.1 Å². The summed E-state index contributed by atoms with van der Waals surface area (Å²) in [7, 11) is 0. The van der Waals surface area contributed by atoms with Crippen molar-refractivity contribution in [1.82, 2.24) is 19.7 Å². The van der Waals surface area contributed by atoms with E-state index in [-0.39, 0.29) is 11.7 Å². The number of anilines is 1. The summed E-state index contributed by atoms with van der Waals surface area (Å²) in [6, 6.07) is 18.5. The number of carbonyl (C=O) groups excluding carboxylic acids is 1. The van der Waals surface area contributed by atoms with Gasteiger partial charge in [0.2, 0.25) is 5.91 Å². The summed E-state index contributed by atoms with van der Waals surface area (Å²) in [6.07, 6.45) is 0. The summed E-state index contributed by atoms with van der Waals surface area (Å²) in [5.74, 6) is 2.80. The van der Waals surface area contributed by atoms with Crippen molar-refractivity contribution in [1.29, 1.82) is 0 Å². The molecule has 0 radical (unpaired) electrons. The molecule has 0 aliphatic carbocycles. The van der Waals surface area contributed by atoms with Crippen molar-refractivity contribution in [3.8, 4) is 11.3 Å². The van der Waals surface area contributed by atoms with Crippen LogP contribution in [0, 0.1) is 6.92 Å². The molecule has 1 amide bonds. The molecule has 33 heavy (non-hydrogen) atoms. The molecule has 9 heteroatoms. The minimum atomic E-state index is -0.102. The van der Waals surface area contributed by atoms with Gasteiger partial charge in [0.05, 0.1) is 17.2 Å². The van der Waals surface area contributed by atoms with Gasteiger partial charge in [0.1, 0.15) is 5.82 Å². The van der Waals surface area contributed by atoms with E-state index in [0.717, 1.165) is 40.3 Å². The summed E-state index contributed by atoms with van der Waals surface area (Å²) >= 11 is 4.64. The third-order valence-corrected chi connectivity index (χ3v) is 7.61. The average molecular weight is 496 g/mol. The molecule has 6 nitrogen and oxygen atoms in total. The maximum absolute atomic E-state index is 12.5. The first-order valence-electron chi connectivity index (χ1n) is 10.6. The van der Waals surface area contributed by atoms with Crippen LogP contribution < -0.4 is 5.32 Å². The van der Waals surface area contributed by atoms with E-state index in [1.165, 1.54) is 34.2 Å². The van der Waals surface area contributed by atoms with Gasteiger partial charge in [-0.05, 0) is 19.4 Å². The Kier molecular flexibility index (Phi) is 8.20. The molecule has 4 aromatic rings. The number of aryl methyl sites for hydroxylation is 1. The highest BCUT2D eigenvalue weighted by Crippen LogP contribution is 2.26. The Hall–Kier alpha value is -2.62. The van der Waals surface area contributed by atoms with Gasteiger partial charge in [0.25, 0.3) is 0 Å². The highest BCUT2D eigenvalue weighted by atomic mass is 32.2. The number of hydrogen-bond acceptors (Lipinski definition) is 7. The van der Waals surface area contributed by atoms with E-state index in [0.29, 0.717) is 5.13 Å². The van der Waals surface area contributed by atoms with Crippen LogP contribution in [-0.2, 0) is 22.8 Å². The van der Waals surface area contributed by atoms with Gasteiger partial charge in [-0.2, -0.15) is 0 Å². The number of aromatic nitrogens is 4. The van der Waals surface area contributed by atoms with Gasteiger partial charge in [-0.1, -0.05) is 71.9 Å². The average Bonchev–Trinajstić information content (AvgIpc) is 3.46. The number of nitrogens with zero attached hydrogens (tertiary/aromatic N) is 4. The Morgan fingerprint density at radius 3 is 2.61 bits per heavy atom. The Morgan fingerprint density at radius 2 is 1.85 bits per heavy atom. The van der Waals surface area contributed by atoms with E-state index in [1.807, 2.05) is 47.5 Å². The van der Waals surface area contributed by atoms with Gasteiger partial charge in [0.15, 0.2) is 10.3 Å². The number of benzene rings is 2. The van der Waals surface area contributed by atoms with Crippen LogP contribution in [0.2, 0.25) is 0 Å². The summed E-state index contributed by atoms with van der Waals surface area (Å²) in [5.41, 5.74) is 4.47. The SMILES string of the molecule is CCn1c(CSCc2ccc(C)cc2)nnc1SCC(=O)Nc1nc(-c2ccccc2)cs1. The van der Waals surface area contributed by atoms with Gasteiger partial charge >= 0.3 is 0 Å². The number of nitrogens with one attached hydrogen (secondary N) is 1. The summed E-state index contributed by atoms with van der Waals surface area (Å²) in [6.45, 7) is 4.94. The Morgan fingerprint density at radius 1 is 1.06 bits per heavy atom. The molecule has 0 aliphatic heterocycles. The first-order valence-corrected chi connectivity index (χ1v) is 13.6. The number of thioether (sulfide) groups is 2. The van der Waals surface area contributed by atoms with Gasteiger partial charge in [-0.25, -0.2) is 4.98 Å². The first-order chi connectivity index (χ1) is 16.1. The Labute approximate surface area is 206 Å². The molecule has 0 aliphatic rings. The lowest BCUT2D eigenvalue weighted by molar-refractivity contribution is -0.113. The molecule has 0 spiro atoms. The fourth-order valence-electron chi connectivity index (χ4n) is 3.15. The minimum absolute atomic E-state index is 0.102. The van der Waals surface area contributed by atoms with Gasteiger partial charge in [0, 0.05) is 23.2 Å². The van der Waals surface area contributed by atoms with Crippen LogP contribution in [0.5, 0.6) is 0 Å². The number of amides is 1. The van der Waals surface area contributed by atoms with Crippen molar-refractivity contribution in [3.05, 3.63) is 76.9 Å². The van der Waals surface area contributed by atoms with Gasteiger partial charge < -0.3 is 9.88 Å². The topological polar surface area (TPSA) is 72.7 Å². The van der Waals surface area contributed by atoms with E-state index in [9.17, 15) is 4.79 Å². The lowest BCUT2D eigenvalue weighted by Gasteiger charge is -2.07. The highest BCUT2D eigenvalue weighted by molar-refractivity contribution is 7.99. The predicted molar refractivity (Wildman–Crippen MR) is 139 cm³/mol. The third-order valence-electron chi connectivity index (χ3n) is 4.88. The molecule has 4 rings (SSSR count). The minimum Gasteiger partial charge on any atom is -0.306 e. The number of rotatable bonds is 10. The molecule has 1 N–H and O–H groups in total. The largest absolute Gasteiger partial charge is 0.306 e. The molecule has 0 atom stereocenters. The van der Waals surface area contributed by atoms with Crippen LogP contribution >= 0.6 is 34.9 Å². The van der Waals surface area contributed by atoms with Crippen LogP contribution in [0.15, 0.2) is 65.1 Å². The molecular weight excluding hydrogens is 470 g/mol. The summed E-state index contributed by atoms with van der Waals surface area (Å²) < 4.78 is 2.08. The molecule has 0 fully saturated rings. The van der Waals surface area contributed by atoms with Gasteiger partial charge in [-0.15, -0.1) is 33.3 Å². The van der Waals surface area contributed by atoms with Crippen molar-refractivity contribution in [2.75, 3.05) is 11.1 Å². The first kappa shape index (κ1) is 23.5. The Bertz CT molecular complexity index is 1190. The van der Waals surface area contributed by atoms with Crippen LogP contribution in [-0.4, -0.2) is 31.4 Å². The molecule has 0 saturated carbocycles. The number of thiazole rings is 1. The van der Waals surface area contributed by atoms with Crippen molar-refractivity contribution in [3.63, 3.8) is 0 Å². The summed E-state index contributed by atoms with van der Waals surface area (Å²) in [5, 5.41) is 14.9. The second-order valence-corrected chi connectivity index (χ2v) is 10.1. The molecule has 0 bridgehead atoms. The predicted octanol–water partition coefficient (Wildman–Crippen LogP) is 5.89. The fraction of sp³-hybridized carbons (Fsp3) is 0.250. The second-order valence-electron chi connectivity index (χ2n) is 7.36. The van der Waals surface area contributed by atoms with E-state index < -0.39 is 0 Å². The fourth-order valence-corrected chi connectivity index (χ4v) is 5.64. The zero-order valence-electron chi connectivity index (χ0n) is 18.5. The lowest BCUT2D eigenvalue weighted by Crippen LogP contribution is -2.14. The van der Waals surface area contributed by atoms with E-state index in [1.54, 1.807) is 0 Å². The van der Waals surface area contributed by atoms with Crippen LogP contribution in [0.1, 0.15) is 23.9 Å². The van der Waals surface area contributed by atoms with E-state index >= 15 is 0 Å². The van der Waals surface area contributed by atoms with Crippen LogP contribution in [0.4, 0.5) is 5.13 Å². The zero-order chi connectivity index (χ0) is 23.0. The van der Waals surface area contributed by atoms with Crippen molar-refractivity contribution < 1.29 is 4.79 Å². The molecule has 2 aromatic heterocycles. The maximum Gasteiger partial charge on any atom is 0.236 e. The molecule has 0 saturated heterocycles. The molecule has 0 unspecified atom stereocenters. The maximum atomic E-state index is 12.5. The van der Waals surface area contributed by atoms with Gasteiger partial charge in [-0.3, -0.25) is 4.79 Å². The normalized spacial score (nSPS) is 11.0. The smallest absolute Gasteiger partial charge is 0.236 e. The molecule has 2 heterocycles. The van der Waals surface area contributed by atoms with E-state index in [4.69, 9.17) is 0 Å². The highest BCUT2D eigenvalue weighted by Gasteiger charge is 2.14. The Balaban J connectivity index is 1.28. The van der Waals surface area contributed by atoms with Crippen molar-refractivity contribution in [2.24, 2.45) is 0 Å². The standard InChI is InChI=1S/C24H25N5OS3/c1-3-29-21(15-31-13-18-11-9-17(2)10-12-18)27-28-24(29)33-16-22(30)26-23-25-20(14-32-23)19-7-5-4-6-8-19/h4-12,14H,3,13,15-16H2,1-2H3,(H,25,26,30). The zero-order valence-corrected chi connectivity index (χ0v) is 21.0. The molecular formula is C24H25N5OS3. The van der Waals surface area contributed by atoms with Crippen LogP contribution in [0.3, 0.4) is 0 Å². The monoisotopic (exact) mass is 495 g/mol. The third kappa shape index (κ3) is 6.46. The summed E-state index contributed by atoms with van der Waals surface area (Å²) in [4.78, 5) is 17.0. The lowest BCUT2D eigenvalue weighted by atomic mass is 10.2. The molecule has 170 valence electrons. The van der Waals surface area contributed by atoms with Crippen molar-refractivity contribution >= 4 is 45.9 Å².